The molecule has 0 N–H and O–H groups in total. The van der Waals surface area contributed by atoms with Crippen molar-refractivity contribution in [2.45, 2.75) is 12.2 Å². The minimum absolute atomic E-state index is 0.0103. The fourth-order valence-corrected chi connectivity index (χ4v) is 2.65. The first-order valence-corrected chi connectivity index (χ1v) is 5.37. The summed E-state index contributed by atoms with van der Waals surface area (Å²) in [6.07, 6.45) is 0. The molecule has 0 aliphatic carbocycles. The molecule has 0 radical (unpaired) electrons. The largest absolute Gasteiger partial charge is 0.297 e. The molecule has 1 fully saturated rings. The van der Waals surface area contributed by atoms with Gasteiger partial charge in [0.1, 0.15) is 0 Å². The van der Waals surface area contributed by atoms with Crippen molar-refractivity contribution in [1.82, 2.24) is 0 Å². The fourth-order valence-electron chi connectivity index (χ4n) is 1.48. The minimum atomic E-state index is -0.440. The van der Waals surface area contributed by atoms with E-state index in [0.717, 1.165) is 17.3 Å². The lowest BCUT2D eigenvalue weighted by Gasteiger charge is -2.05. The highest BCUT2D eigenvalue weighted by atomic mass is 32.2. The van der Waals surface area contributed by atoms with Gasteiger partial charge in [-0.05, 0) is 12.5 Å². The highest BCUT2D eigenvalue weighted by Gasteiger charge is 2.39. The molecule has 0 aromatic heterocycles. The number of carbonyl (C=O) groups excluding carboxylic acids is 2. The molecule has 0 saturated carbocycles. The van der Waals surface area contributed by atoms with Crippen molar-refractivity contribution < 1.29 is 9.59 Å². The predicted molar refractivity (Wildman–Crippen MR) is 56.0 cm³/mol. The zero-order valence-electron chi connectivity index (χ0n) is 7.77. The minimum Gasteiger partial charge on any atom is -0.297 e. The van der Waals surface area contributed by atoms with E-state index in [0.29, 0.717) is 0 Å². The molecule has 1 aliphatic rings. The Morgan fingerprint density at radius 1 is 1.14 bits per heavy atom. The van der Waals surface area contributed by atoms with Gasteiger partial charge in [-0.1, -0.05) is 42.1 Å². The third kappa shape index (κ3) is 1.48. The lowest BCUT2D eigenvalue weighted by molar-refractivity contribution is -0.125. The molecule has 0 spiro atoms. The molecular formula is C11H10O2S. The Bertz CT molecular complexity index is 372. The Labute approximate surface area is 86.7 Å². The van der Waals surface area contributed by atoms with Crippen LogP contribution in [0.3, 0.4) is 0 Å². The van der Waals surface area contributed by atoms with Crippen LogP contribution in [0.2, 0.25) is 0 Å². The number of ketones is 1. The highest BCUT2D eigenvalue weighted by molar-refractivity contribution is 8.15. The molecule has 1 saturated heterocycles. The van der Waals surface area contributed by atoms with Crippen molar-refractivity contribution in [3.63, 3.8) is 0 Å². The van der Waals surface area contributed by atoms with Gasteiger partial charge in [0.2, 0.25) is 0 Å². The van der Waals surface area contributed by atoms with Gasteiger partial charge >= 0.3 is 0 Å². The summed E-state index contributed by atoms with van der Waals surface area (Å²) in [4.78, 5) is 23.0. The first-order valence-electron chi connectivity index (χ1n) is 4.49. The van der Waals surface area contributed by atoms with E-state index in [1.54, 1.807) is 6.92 Å². The monoisotopic (exact) mass is 206 g/mol. The van der Waals surface area contributed by atoms with Gasteiger partial charge in [0.25, 0.3) is 0 Å². The average Bonchev–Trinajstić information content (AvgIpc) is 2.47. The Morgan fingerprint density at radius 3 is 2.29 bits per heavy atom. The van der Waals surface area contributed by atoms with Gasteiger partial charge in [-0.3, -0.25) is 9.59 Å². The standard InChI is InChI=1S/C11H10O2S/c1-7-9(12)10(14-11(7)13)8-5-3-2-4-6-8/h2-7,10H,1H3. The zero-order valence-corrected chi connectivity index (χ0v) is 8.58. The van der Waals surface area contributed by atoms with Gasteiger partial charge in [0.15, 0.2) is 10.9 Å². The van der Waals surface area contributed by atoms with Crippen LogP contribution in [0.5, 0.6) is 0 Å². The third-order valence-corrected chi connectivity index (χ3v) is 3.70. The summed E-state index contributed by atoms with van der Waals surface area (Å²) in [5.74, 6) is -0.406. The number of hydrogen-bond acceptors (Lipinski definition) is 3. The van der Waals surface area contributed by atoms with Crippen molar-refractivity contribution in [2.24, 2.45) is 5.92 Å². The molecule has 3 heteroatoms. The van der Waals surface area contributed by atoms with E-state index < -0.39 is 5.92 Å². The summed E-state index contributed by atoms with van der Waals surface area (Å²) < 4.78 is 0. The van der Waals surface area contributed by atoms with Gasteiger partial charge in [-0.15, -0.1) is 0 Å². The number of Topliss-reactive ketones (excluding diaryl/α,β-unsaturated/α-hetero) is 1. The van der Waals surface area contributed by atoms with Gasteiger partial charge in [0.05, 0.1) is 11.2 Å². The van der Waals surface area contributed by atoms with E-state index in [-0.39, 0.29) is 16.1 Å². The molecule has 2 atom stereocenters. The molecule has 2 nitrogen and oxygen atoms in total. The van der Waals surface area contributed by atoms with Crippen LogP contribution < -0.4 is 0 Å². The normalized spacial score (nSPS) is 26.9. The second kappa shape index (κ2) is 3.58. The second-order valence-corrected chi connectivity index (χ2v) is 4.46. The number of carbonyl (C=O) groups is 2. The quantitative estimate of drug-likeness (QED) is 0.661. The topological polar surface area (TPSA) is 34.1 Å². The second-order valence-electron chi connectivity index (χ2n) is 3.35. The van der Waals surface area contributed by atoms with E-state index in [1.807, 2.05) is 30.3 Å². The van der Waals surface area contributed by atoms with E-state index >= 15 is 0 Å². The van der Waals surface area contributed by atoms with Crippen molar-refractivity contribution in [3.05, 3.63) is 35.9 Å². The molecule has 1 heterocycles. The van der Waals surface area contributed by atoms with Crippen LogP contribution in [-0.4, -0.2) is 10.9 Å². The first kappa shape index (κ1) is 9.46. The van der Waals surface area contributed by atoms with Gasteiger partial charge in [-0.25, -0.2) is 0 Å². The molecule has 2 unspecified atom stereocenters. The molecule has 2 rings (SSSR count). The van der Waals surface area contributed by atoms with Crippen molar-refractivity contribution in [1.29, 1.82) is 0 Å². The maximum absolute atomic E-state index is 11.7. The van der Waals surface area contributed by atoms with Crippen LogP contribution in [-0.2, 0) is 9.59 Å². The van der Waals surface area contributed by atoms with Crippen molar-refractivity contribution >= 4 is 22.7 Å². The van der Waals surface area contributed by atoms with Crippen LogP contribution >= 0.6 is 11.8 Å². The Balaban J connectivity index is 2.30. The van der Waals surface area contributed by atoms with Crippen LogP contribution in [0.25, 0.3) is 0 Å². The van der Waals surface area contributed by atoms with Crippen molar-refractivity contribution in [3.8, 4) is 0 Å². The maximum atomic E-state index is 11.7. The lowest BCUT2D eigenvalue weighted by atomic mass is 10.0. The first-order chi connectivity index (χ1) is 6.70. The number of thioether (sulfide) groups is 1. The fraction of sp³-hybridized carbons (Fsp3) is 0.273. The Morgan fingerprint density at radius 2 is 1.79 bits per heavy atom. The van der Waals surface area contributed by atoms with Crippen LogP contribution in [0, 0.1) is 5.92 Å². The molecular weight excluding hydrogens is 196 g/mol. The Kier molecular flexibility index (Phi) is 2.42. The Hall–Kier alpha value is -1.09. The number of benzene rings is 1. The summed E-state index contributed by atoms with van der Waals surface area (Å²) in [7, 11) is 0. The molecule has 0 amide bonds. The summed E-state index contributed by atoms with van der Waals surface area (Å²) in [5.41, 5.74) is 0.931. The smallest absolute Gasteiger partial charge is 0.200 e. The van der Waals surface area contributed by atoms with Crippen LogP contribution in [0.15, 0.2) is 30.3 Å². The lowest BCUT2D eigenvalue weighted by Crippen LogP contribution is -2.12. The zero-order chi connectivity index (χ0) is 10.1. The van der Waals surface area contributed by atoms with Gasteiger partial charge in [-0.2, -0.15) is 0 Å². The average molecular weight is 206 g/mol. The number of rotatable bonds is 1. The highest BCUT2D eigenvalue weighted by Crippen LogP contribution is 2.40. The van der Waals surface area contributed by atoms with E-state index in [4.69, 9.17) is 0 Å². The summed E-state index contributed by atoms with van der Waals surface area (Å²) >= 11 is 1.15. The maximum Gasteiger partial charge on any atom is 0.200 e. The van der Waals surface area contributed by atoms with Crippen molar-refractivity contribution in [2.75, 3.05) is 0 Å². The molecule has 1 aromatic carbocycles. The third-order valence-electron chi connectivity index (χ3n) is 2.38. The van der Waals surface area contributed by atoms with Crippen LogP contribution in [0.4, 0.5) is 0 Å². The number of hydrogen-bond donors (Lipinski definition) is 0. The molecule has 1 aliphatic heterocycles. The predicted octanol–water partition coefficient (Wildman–Crippen LogP) is 2.21. The molecule has 0 bridgehead atoms. The van der Waals surface area contributed by atoms with E-state index in [1.165, 1.54) is 0 Å². The van der Waals surface area contributed by atoms with Gasteiger partial charge < -0.3 is 0 Å². The van der Waals surface area contributed by atoms with Crippen LogP contribution in [0.1, 0.15) is 17.7 Å². The molecule has 1 aromatic rings. The summed E-state index contributed by atoms with van der Waals surface area (Å²) in [5, 5.41) is -0.289. The SMILES string of the molecule is CC1C(=O)SC(c2ccccc2)C1=O. The molecule has 72 valence electrons. The summed E-state index contributed by atoms with van der Waals surface area (Å²) in [6.45, 7) is 1.68. The van der Waals surface area contributed by atoms with E-state index in [2.05, 4.69) is 0 Å². The molecule has 14 heavy (non-hydrogen) atoms. The van der Waals surface area contributed by atoms with Gasteiger partial charge in [0, 0.05) is 0 Å². The van der Waals surface area contributed by atoms with E-state index in [9.17, 15) is 9.59 Å². The summed E-state index contributed by atoms with van der Waals surface area (Å²) in [6, 6.07) is 9.45.